The lowest BCUT2D eigenvalue weighted by molar-refractivity contribution is -0.137. The summed E-state index contributed by atoms with van der Waals surface area (Å²) < 4.78 is 0.983. The minimum Gasteiger partial charge on any atom is -0.481 e. The molecule has 0 aliphatic rings. The van der Waals surface area contributed by atoms with Gasteiger partial charge in [0.1, 0.15) is 0 Å². The summed E-state index contributed by atoms with van der Waals surface area (Å²) in [5, 5.41) is 11.3. The summed E-state index contributed by atoms with van der Waals surface area (Å²) in [5.74, 6) is -1.08. The van der Waals surface area contributed by atoms with E-state index in [0.717, 1.165) is 10.0 Å². The van der Waals surface area contributed by atoms with Crippen molar-refractivity contribution in [2.24, 2.45) is 0 Å². The average Bonchev–Trinajstić information content (AvgIpc) is 2.36. The van der Waals surface area contributed by atoms with E-state index in [1.165, 1.54) is 6.08 Å². The standard InChI is InChI=1S/C14H16BrNO3/c1-10(2-9-14(18)19)16-13(17)8-5-11-3-6-12(15)7-4-11/h3-8,10H,2,9H2,1H3,(H,16,17)(H,18,19). The number of nitrogens with one attached hydrogen (secondary N) is 1. The topological polar surface area (TPSA) is 66.4 Å². The Kier molecular flexibility index (Phi) is 6.29. The number of rotatable bonds is 6. The zero-order chi connectivity index (χ0) is 14.3. The van der Waals surface area contributed by atoms with Crippen LogP contribution in [0.1, 0.15) is 25.3 Å². The van der Waals surface area contributed by atoms with Crippen LogP contribution in [-0.2, 0) is 9.59 Å². The molecule has 1 rings (SSSR count). The van der Waals surface area contributed by atoms with Crippen molar-refractivity contribution in [2.45, 2.75) is 25.8 Å². The van der Waals surface area contributed by atoms with Crippen LogP contribution in [0.5, 0.6) is 0 Å². The Morgan fingerprint density at radius 1 is 1.37 bits per heavy atom. The molecule has 0 aliphatic heterocycles. The monoisotopic (exact) mass is 325 g/mol. The van der Waals surface area contributed by atoms with E-state index in [2.05, 4.69) is 21.2 Å². The van der Waals surface area contributed by atoms with Gasteiger partial charge in [0, 0.05) is 23.0 Å². The average molecular weight is 326 g/mol. The van der Waals surface area contributed by atoms with Crippen LogP contribution in [0.25, 0.3) is 6.08 Å². The Morgan fingerprint density at radius 3 is 2.58 bits per heavy atom. The van der Waals surface area contributed by atoms with E-state index in [-0.39, 0.29) is 18.4 Å². The minimum atomic E-state index is -0.855. The molecule has 0 aliphatic carbocycles. The molecular weight excluding hydrogens is 310 g/mol. The van der Waals surface area contributed by atoms with E-state index in [4.69, 9.17) is 5.11 Å². The maximum Gasteiger partial charge on any atom is 0.303 e. The molecule has 0 heterocycles. The number of benzene rings is 1. The van der Waals surface area contributed by atoms with Gasteiger partial charge in [-0.1, -0.05) is 28.1 Å². The van der Waals surface area contributed by atoms with Crippen LogP contribution < -0.4 is 5.32 Å². The normalized spacial score (nSPS) is 12.3. The molecule has 1 amide bonds. The fraction of sp³-hybridized carbons (Fsp3) is 0.286. The van der Waals surface area contributed by atoms with Crippen molar-refractivity contribution in [3.8, 4) is 0 Å². The highest BCUT2D eigenvalue weighted by molar-refractivity contribution is 9.10. The van der Waals surface area contributed by atoms with Gasteiger partial charge in [0.25, 0.3) is 0 Å². The van der Waals surface area contributed by atoms with E-state index in [0.29, 0.717) is 6.42 Å². The Bertz CT molecular complexity index is 468. The van der Waals surface area contributed by atoms with E-state index >= 15 is 0 Å². The van der Waals surface area contributed by atoms with Crippen molar-refractivity contribution in [3.05, 3.63) is 40.4 Å². The van der Waals surface area contributed by atoms with E-state index < -0.39 is 5.97 Å². The molecule has 0 bridgehead atoms. The summed E-state index contributed by atoms with van der Waals surface area (Å²) >= 11 is 3.34. The molecule has 2 N–H and O–H groups in total. The van der Waals surface area contributed by atoms with Crippen LogP contribution in [0.3, 0.4) is 0 Å². The van der Waals surface area contributed by atoms with E-state index in [9.17, 15) is 9.59 Å². The first-order valence-electron chi connectivity index (χ1n) is 5.93. The van der Waals surface area contributed by atoms with Crippen LogP contribution in [0, 0.1) is 0 Å². The van der Waals surface area contributed by atoms with E-state index in [1.807, 2.05) is 24.3 Å². The zero-order valence-corrected chi connectivity index (χ0v) is 12.2. The third-order valence-electron chi connectivity index (χ3n) is 2.48. The zero-order valence-electron chi connectivity index (χ0n) is 10.6. The highest BCUT2D eigenvalue weighted by Gasteiger charge is 2.06. The predicted molar refractivity (Wildman–Crippen MR) is 77.7 cm³/mol. The molecule has 0 aromatic heterocycles. The number of carboxylic acid groups (broad SMARTS) is 1. The summed E-state index contributed by atoms with van der Waals surface area (Å²) in [4.78, 5) is 22.0. The SMILES string of the molecule is CC(CCC(=O)O)NC(=O)C=Cc1ccc(Br)cc1. The molecule has 19 heavy (non-hydrogen) atoms. The van der Waals surface area contributed by atoms with Gasteiger partial charge in [-0.2, -0.15) is 0 Å². The van der Waals surface area contributed by atoms with Gasteiger partial charge in [0.05, 0.1) is 0 Å². The first-order chi connectivity index (χ1) is 8.97. The van der Waals surface area contributed by atoms with Crippen LogP contribution in [0.2, 0.25) is 0 Å². The fourth-order valence-electron chi connectivity index (χ4n) is 1.45. The summed E-state index contributed by atoms with van der Waals surface area (Å²) in [7, 11) is 0. The number of aliphatic carboxylic acids is 1. The highest BCUT2D eigenvalue weighted by atomic mass is 79.9. The second-order valence-electron chi connectivity index (χ2n) is 4.23. The number of hydrogen-bond acceptors (Lipinski definition) is 2. The van der Waals surface area contributed by atoms with Gasteiger partial charge in [0.15, 0.2) is 0 Å². The first-order valence-corrected chi connectivity index (χ1v) is 6.72. The lowest BCUT2D eigenvalue weighted by atomic mass is 10.2. The largest absolute Gasteiger partial charge is 0.481 e. The Labute approximate surface area is 120 Å². The van der Waals surface area contributed by atoms with Crippen LogP contribution >= 0.6 is 15.9 Å². The smallest absolute Gasteiger partial charge is 0.303 e. The molecule has 0 spiro atoms. The van der Waals surface area contributed by atoms with Gasteiger partial charge in [-0.15, -0.1) is 0 Å². The summed E-state index contributed by atoms with van der Waals surface area (Å²) in [5.41, 5.74) is 0.927. The third kappa shape index (κ3) is 6.76. The molecule has 1 atom stereocenters. The number of amides is 1. The second-order valence-corrected chi connectivity index (χ2v) is 5.14. The maximum absolute atomic E-state index is 11.6. The van der Waals surface area contributed by atoms with Gasteiger partial charge < -0.3 is 10.4 Å². The molecule has 1 aromatic carbocycles. The van der Waals surface area contributed by atoms with Crippen LogP contribution in [0.15, 0.2) is 34.8 Å². The number of hydrogen-bond donors (Lipinski definition) is 2. The molecule has 0 radical (unpaired) electrons. The molecular formula is C14H16BrNO3. The minimum absolute atomic E-state index is 0.0534. The lowest BCUT2D eigenvalue weighted by Gasteiger charge is -2.10. The number of carbonyl (C=O) groups is 2. The first kappa shape index (κ1) is 15.4. The molecule has 0 saturated heterocycles. The molecule has 0 saturated carbocycles. The van der Waals surface area contributed by atoms with Crippen molar-refractivity contribution < 1.29 is 14.7 Å². The number of halogens is 1. The highest BCUT2D eigenvalue weighted by Crippen LogP contribution is 2.11. The fourth-order valence-corrected chi connectivity index (χ4v) is 1.71. The molecule has 1 unspecified atom stereocenters. The van der Waals surface area contributed by atoms with Crippen LogP contribution in [-0.4, -0.2) is 23.0 Å². The van der Waals surface area contributed by atoms with Gasteiger partial charge in [-0.25, -0.2) is 0 Å². The van der Waals surface area contributed by atoms with Gasteiger partial charge in [-0.05, 0) is 37.1 Å². The Hall–Kier alpha value is -1.62. The van der Waals surface area contributed by atoms with E-state index in [1.54, 1.807) is 13.0 Å². The molecule has 0 fully saturated rings. The number of carboxylic acids is 1. The summed E-state index contributed by atoms with van der Waals surface area (Å²) in [6.45, 7) is 1.79. The molecule has 5 heteroatoms. The molecule has 4 nitrogen and oxygen atoms in total. The van der Waals surface area contributed by atoms with Crippen molar-refractivity contribution in [2.75, 3.05) is 0 Å². The summed E-state index contributed by atoms with van der Waals surface area (Å²) in [6.07, 6.45) is 3.64. The maximum atomic E-state index is 11.6. The molecule has 1 aromatic rings. The Morgan fingerprint density at radius 2 is 2.00 bits per heavy atom. The number of carbonyl (C=O) groups excluding carboxylic acids is 1. The Balaban J connectivity index is 2.42. The second kappa shape index (κ2) is 7.74. The summed E-state index contributed by atoms with van der Waals surface area (Å²) in [6, 6.07) is 7.42. The third-order valence-corrected chi connectivity index (χ3v) is 3.01. The van der Waals surface area contributed by atoms with Crippen LogP contribution in [0.4, 0.5) is 0 Å². The van der Waals surface area contributed by atoms with Crippen molar-refractivity contribution in [1.29, 1.82) is 0 Å². The molecule has 102 valence electrons. The van der Waals surface area contributed by atoms with Crippen molar-refractivity contribution in [3.63, 3.8) is 0 Å². The van der Waals surface area contributed by atoms with Crippen molar-refractivity contribution in [1.82, 2.24) is 5.32 Å². The quantitative estimate of drug-likeness (QED) is 0.790. The van der Waals surface area contributed by atoms with Gasteiger partial charge >= 0.3 is 5.97 Å². The lowest BCUT2D eigenvalue weighted by Crippen LogP contribution is -2.31. The predicted octanol–water partition coefficient (Wildman–Crippen LogP) is 2.83. The van der Waals surface area contributed by atoms with Gasteiger partial charge in [0.2, 0.25) is 5.91 Å². The van der Waals surface area contributed by atoms with Gasteiger partial charge in [-0.3, -0.25) is 9.59 Å². The van der Waals surface area contributed by atoms with Crippen molar-refractivity contribution >= 4 is 33.9 Å².